The minimum atomic E-state index is 1.23. The molecule has 1 heterocycles. The molecule has 0 bridgehead atoms. The molecule has 0 amide bonds. The molecule has 0 fully saturated rings. The third-order valence-corrected chi connectivity index (χ3v) is 11.0. The van der Waals surface area contributed by atoms with Crippen molar-refractivity contribution >= 4 is 74.6 Å². The molecule has 0 aliphatic rings. The number of benzene rings is 9. The lowest BCUT2D eigenvalue weighted by molar-refractivity contribution is 1.64. The Bertz CT molecular complexity index is 2800. The van der Waals surface area contributed by atoms with Crippen molar-refractivity contribution in [3.05, 3.63) is 170 Å². The molecule has 1 aromatic heterocycles. The molecular weight excluding hydrogens is 585 g/mol. The molecular formula is C46H28S. The predicted molar refractivity (Wildman–Crippen MR) is 206 cm³/mol. The highest BCUT2D eigenvalue weighted by Crippen LogP contribution is 2.46. The fourth-order valence-electron chi connectivity index (χ4n) is 7.77. The van der Waals surface area contributed by atoms with E-state index in [4.69, 9.17) is 0 Å². The summed E-state index contributed by atoms with van der Waals surface area (Å²) in [7, 11) is 0. The minimum absolute atomic E-state index is 1.23. The van der Waals surface area contributed by atoms with Crippen molar-refractivity contribution in [2.45, 2.75) is 0 Å². The molecule has 47 heavy (non-hydrogen) atoms. The molecule has 0 N–H and O–H groups in total. The van der Waals surface area contributed by atoms with E-state index in [1.54, 1.807) is 0 Å². The van der Waals surface area contributed by atoms with E-state index in [2.05, 4.69) is 170 Å². The van der Waals surface area contributed by atoms with Gasteiger partial charge in [-0.1, -0.05) is 146 Å². The summed E-state index contributed by atoms with van der Waals surface area (Å²) >= 11 is 1.88. The molecule has 0 aliphatic carbocycles. The Hall–Kier alpha value is -5.76. The summed E-state index contributed by atoms with van der Waals surface area (Å²) in [5.41, 5.74) is 7.57. The zero-order chi connectivity index (χ0) is 30.9. The van der Waals surface area contributed by atoms with Crippen LogP contribution in [-0.4, -0.2) is 0 Å². The molecule has 0 aliphatic heterocycles. The molecule has 0 atom stereocenters. The van der Waals surface area contributed by atoms with Gasteiger partial charge in [-0.3, -0.25) is 0 Å². The van der Waals surface area contributed by atoms with Crippen LogP contribution in [0.25, 0.3) is 96.6 Å². The average Bonchev–Trinajstić information content (AvgIpc) is 3.53. The van der Waals surface area contributed by atoms with Gasteiger partial charge in [0.25, 0.3) is 0 Å². The van der Waals surface area contributed by atoms with Gasteiger partial charge in [0.15, 0.2) is 0 Å². The lowest BCUT2D eigenvalue weighted by atomic mass is 9.85. The highest BCUT2D eigenvalue weighted by Gasteiger charge is 2.18. The molecule has 0 radical (unpaired) electrons. The van der Waals surface area contributed by atoms with Crippen molar-refractivity contribution in [3.63, 3.8) is 0 Å². The Morgan fingerprint density at radius 1 is 0.298 bits per heavy atom. The van der Waals surface area contributed by atoms with Gasteiger partial charge >= 0.3 is 0 Å². The zero-order valence-corrected chi connectivity index (χ0v) is 26.4. The van der Waals surface area contributed by atoms with Crippen molar-refractivity contribution < 1.29 is 0 Å². The first-order valence-corrected chi connectivity index (χ1v) is 17.0. The third-order valence-electron chi connectivity index (χ3n) is 9.83. The van der Waals surface area contributed by atoms with Crippen molar-refractivity contribution in [2.75, 3.05) is 0 Å². The van der Waals surface area contributed by atoms with E-state index in [0.29, 0.717) is 0 Å². The second kappa shape index (κ2) is 10.4. The van der Waals surface area contributed by atoms with Crippen LogP contribution in [-0.2, 0) is 0 Å². The van der Waals surface area contributed by atoms with E-state index in [0.717, 1.165) is 0 Å². The lowest BCUT2D eigenvalue weighted by Crippen LogP contribution is -1.91. The van der Waals surface area contributed by atoms with Gasteiger partial charge in [-0.2, -0.15) is 0 Å². The van der Waals surface area contributed by atoms with E-state index in [1.807, 2.05) is 11.3 Å². The second-order valence-corrected chi connectivity index (χ2v) is 13.5. The second-order valence-electron chi connectivity index (χ2n) is 12.4. The summed E-state index contributed by atoms with van der Waals surface area (Å²) in [5, 5.41) is 12.9. The van der Waals surface area contributed by atoms with Gasteiger partial charge in [-0.25, -0.2) is 0 Å². The Morgan fingerprint density at radius 2 is 0.872 bits per heavy atom. The Balaban J connectivity index is 1.22. The third kappa shape index (κ3) is 4.07. The number of hydrogen-bond donors (Lipinski definition) is 0. The van der Waals surface area contributed by atoms with Crippen LogP contribution in [0.1, 0.15) is 0 Å². The zero-order valence-electron chi connectivity index (χ0n) is 25.6. The summed E-state index contributed by atoms with van der Waals surface area (Å²) in [6.45, 7) is 0. The van der Waals surface area contributed by atoms with Crippen LogP contribution in [0.3, 0.4) is 0 Å². The van der Waals surface area contributed by atoms with Gasteiger partial charge in [0.2, 0.25) is 0 Å². The summed E-state index contributed by atoms with van der Waals surface area (Å²) in [4.78, 5) is 0. The van der Waals surface area contributed by atoms with Crippen LogP contribution in [0.4, 0.5) is 0 Å². The van der Waals surface area contributed by atoms with Gasteiger partial charge in [0, 0.05) is 20.2 Å². The van der Waals surface area contributed by atoms with Gasteiger partial charge in [-0.15, -0.1) is 11.3 Å². The molecule has 0 nitrogen and oxygen atoms in total. The smallest absolute Gasteiger partial charge is 0.0361 e. The lowest BCUT2D eigenvalue weighted by Gasteiger charge is -2.18. The molecule has 10 aromatic rings. The normalized spacial score (nSPS) is 11.8. The van der Waals surface area contributed by atoms with Crippen LogP contribution in [0.5, 0.6) is 0 Å². The first-order chi connectivity index (χ1) is 23.3. The number of thiophene rings is 1. The Morgan fingerprint density at radius 3 is 1.62 bits per heavy atom. The van der Waals surface area contributed by atoms with E-state index < -0.39 is 0 Å². The van der Waals surface area contributed by atoms with Crippen molar-refractivity contribution in [1.29, 1.82) is 0 Å². The number of rotatable bonds is 3. The van der Waals surface area contributed by atoms with Crippen molar-refractivity contribution in [1.82, 2.24) is 0 Å². The first-order valence-electron chi connectivity index (χ1n) is 16.2. The average molecular weight is 613 g/mol. The van der Waals surface area contributed by atoms with Crippen molar-refractivity contribution in [2.24, 2.45) is 0 Å². The SMILES string of the molecule is c1cc(-c2c3ccccc3c(-c3ccc4ccccc4c3)c3ccccc23)cc(-c2cccc3c2ccc2sc4ccccc4c23)c1. The van der Waals surface area contributed by atoms with E-state index >= 15 is 0 Å². The summed E-state index contributed by atoms with van der Waals surface area (Å²) in [5.74, 6) is 0. The van der Waals surface area contributed by atoms with E-state index in [-0.39, 0.29) is 0 Å². The Kier molecular flexibility index (Phi) is 5.85. The molecule has 0 unspecified atom stereocenters. The monoisotopic (exact) mass is 612 g/mol. The van der Waals surface area contributed by atoms with Crippen LogP contribution < -0.4 is 0 Å². The fourth-order valence-corrected chi connectivity index (χ4v) is 8.89. The number of fused-ring (bicyclic) bond motifs is 8. The van der Waals surface area contributed by atoms with Crippen LogP contribution in [0, 0.1) is 0 Å². The summed E-state index contributed by atoms with van der Waals surface area (Å²) in [6, 6.07) is 62.8. The quantitative estimate of drug-likeness (QED) is 0.174. The minimum Gasteiger partial charge on any atom is -0.135 e. The maximum Gasteiger partial charge on any atom is 0.0361 e. The van der Waals surface area contributed by atoms with Gasteiger partial charge in [0.1, 0.15) is 0 Å². The molecule has 218 valence electrons. The predicted octanol–water partition coefficient (Wildman–Crippen LogP) is 13.7. The largest absolute Gasteiger partial charge is 0.135 e. The summed E-state index contributed by atoms with van der Waals surface area (Å²) in [6.07, 6.45) is 0. The van der Waals surface area contributed by atoms with Gasteiger partial charge in [0.05, 0.1) is 0 Å². The van der Waals surface area contributed by atoms with Crippen molar-refractivity contribution in [3.8, 4) is 33.4 Å². The molecule has 1 heteroatoms. The molecule has 0 saturated carbocycles. The topological polar surface area (TPSA) is 0 Å². The van der Waals surface area contributed by atoms with Gasteiger partial charge in [-0.05, 0) is 101 Å². The maximum atomic E-state index is 2.40. The number of hydrogen-bond acceptors (Lipinski definition) is 1. The molecule has 0 spiro atoms. The standard InChI is InChI=1S/C46H28S/c1-2-12-30-27-33(24-23-29(30)11-1)45-39-17-5-3-15-37(39)44(38-16-4-6-18-40(38)45)32-14-9-13-31(28-32)34-20-10-21-36-35(34)25-26-43-46(36)41-19-7-8-22-42(41)47-43/h1-28H. The Labute approximate surface area is 276 Å². The first kappa shape index (κ1) is 26.5. The highest BCUT2D eigenvalue weighted by molar-refractivity contribution is 7.26. The van der Waals surface area contributed by atoms with Gasteiger partial charge < -0.3 is 0 Å². The van der Waals surface area contributed by atoms with E-state index in [1.165, 1.54) is 96.6 Å². The van der Waals surface area contributed by atoms with Crippen LogP contribution >= 0.6 is 11.3 Å². The highest BCUT2D eigenvalue weighted by atomic mass is 32.1. The molecule has 9 aromatic carbocycles. The summed E-state index contributed by atoms with van der Waals surface area (Å²) < 4.78 is 2.68. The fraction of sp³-hybridized carbons (Fsp3) is 0. The van der Waals surface area contributed by atoms with E-state index in [9.17, 15) is 0 Å². The van der Waals surface area contributed by atoms with Crippen LogP contribution in [0.15, 0.2) is 170 Å². The molecule has 0 saturated heterocycles. The molecule has 10 rings (SSSR count). The maximum absolute atomic E-state index is 2.40. The van der Waals surface area contributed by atoms with Crippen LogP contribution in [0.2, 0.25) is 0 Å².